The van der Waals surface area contributed by atoms with Crippen molar-refractivity contribution in [1.29, 1.82) is 0 Å². The van der Waals surface area contributed by atoms with Crippen LogP contribution in [0.4, 0.5) is 0 Å². The Morgan fingerprint density at radius 3 is 0.907 bits per heavy atom. The van der Waals surface area contributed by atoms with Crippen LogP contribution in [0.5, 0.6) is 0 Å². The summed E-state index contributed by atoms with van der Waals surface area (Å²) in [7, 11) is 0. The standard InChI is InChI=1S/C69H135NO5/c1-3-5-7-9-11-13-15-17-18-19-20-21-22-23-26-29-32-35-38-41-45-49-53-57-61-67(72)66(65-71)70-68(73)62-58-54-50-46-42-39-36-33-30-27-24-25-28-31-34-37-40-44-48-52-56-60-64-75-69(74)63-59-55-51-47-43-16-14-12-10-8-6-4-2/h57,61,66-67,71-72H,3-56,58-60,62-65H2,1-2H3,(H,70,73)/b61-57+. The second-order valence-electron chi connectivity index (χ2n) is 23.9. The summed E-state index contributed by atoms with van der Waals surface area (Å²) in [5, 5.41) is 23.3. The van der Waals surface area contributed by atoms with Crippen LogP contribution in [0.2, 0.25) is 0 Å². The lowest BCUT2D eigenvalue weighted by Gasteiger charge is -2.20. The average Bonchev–Trinajstić information content (AvgIpc) is 3.41. The van der Waals surface area contributed by atoms with Crippen molar-refractivity contribution in [3.63, 3.8) is 0 Å². The Hall–Kier alpha value is -1.40. The number of aliphatic hydroxyl groups excluding tert-OH is 2. The van der Waals surface area contributed by atoms with E-state index in [0.29, 0.717) is 19.4 Å². The van der Waals surface area contributed by atoms with Gasteiger partial charge in [-0.15, -0.1) is 0 Å². The summed E-state index contributed by atoms with van der Waals surface area (Å²) in [6.45, 7) is 4.94. The SMILES string of the molecule is CCCCCCCCCCCCCCCCCCCCCCCC/C=C/C(O)C(CO)NC(=O)CCCCCCCCCCCCCCCCCCCCCCCCOC(=O)CCCCCCCCCCCCCC. The zero-order chi connectivity index (χ0) is 54.3. The first-order valence-electron chi connectivity index (χ1n) is 34.5. The Kier molecular flexibility index (Phi) is 63.9. The first-order valence-corrected chi connectivity index (χ1v) is 34.5. The van der Waals surface area contributed by atoms with Gasteiger partial charge in [-0.25, -0.2) is 0 Å². The van der Waals surface area contributed by atoms with Crippen molar-refractivity contribution >= 4 is 11.9 Å². The molecule has 2 unspecified atom stereocenters. The van der Waals surface area contributed by atoms with E-state index in [1.165, 1.54) is 327 Å². The molecule has 0 rings (SSSR count). The molecule has 75 heavy (non-hydrogen) atoms. The van der Waals surface area contributed by atoms with Crippen LogP contribution in [0.15, 0.2) is 12.2 Å². The maximum atomic E-state index is 12.5. The number of carbonyl (C=O) groups excluding carboxylic acids is 2. The fourth-order valence-electron chi connectivity index (χ4n) is 11.1. The van der Waals surface area contributed by atoms with Crippen LogP contribution in [0.1, 0.15) is 393 Å². The van der Waals surface area contributed by atoms with Gasteiger partial charge in [0.25, 0.3) is 0 Å². The van der Waals surface area contributed by atoms with Crippen molar-refractivity contribution in [3.8, 4) is 0 Å². The molecule has 446 valence electrons. The fourth-order valence-corrected chi connectivity index (χ4v) is 11.1. The number of hydrogen-bond donors (Lipinski definition) is 3. The molecular weight excluding hydrogens is 923 g/mol. The summed E-state index contributed by atoms with van der Waals surface area (Å²) in [6.07, 6.45) is 79.9. The van der Waals surface area contributed by atoms with Crippen LogP contribution >= 0.6 is 0 Å². The van der Waals surface area contributed by atoms with Gasteiger partial charge >= 0.3 is 5.97 Å². The number of ether oxygens (including phenoxy) is 1. The molecule has 0 saturated carbocycles. The molecule has 0 spiro atoms. The third-order valence-electron chi connectivity index (χ3n) is 16.3. The fraction of sp³-hybridized carbons (Fsp3) is 0.942. The molecule has 0 aliphatic carbocycles. The first-order chi connectivity index (χ1) is 37.0. The number of amides is 1. The molecule has 0 saturated heterocycles. The molecule has 0 bridgehead atoms. The summed E-state index contributed by atoms with van der Waals surface area (Å²) in [5.74, 6) is -0.0487. The molecule has 1 amide bonds. The molecule has 0 aliphatic rings. The summed E-state index contributed by atoms with van der Waals surface area (Å²) in [6, 6.07) is -0.628. The van der Waals surface area contributed by atoms with Crippen LogP contribution in [0.25, 0.3) is 0 Å². The molecule has 3 N–H and O–H groups in total. The smallest absolute Gasteiger partial charge is 0.305 e. The summed E-state index contributed by atoms with van der Waals surface area (Å²) in [5.41, 5.74) is 0. The minimum Gasteiger partial charge on any atom is -0.466 e. The number of hydrogen-bond acceptors (Lipinski definition) is 5. The molecule has 2 atom stereocenters. The maximum absolute atomic E-state index is 12.5. The van der Waals surface area contributed by atoms with Gasteiger partial charge in [0.1, 0.15) is 0 Å². The lowest BCUT2D eigenvalue weighted by Crippen LogP contribution is -2.45. The van der Waals surface area contributed by atoms with E-state index in [1.54, 1.807) is 6.08 Å². The van der Waals surface area contributed by atoms with E-state index in [2.05, 4.69) is 19.2 Å². The van der Waals surface area contributed by atoms with Crippen LogP contribution in [-0.4, -0.2) is 47.4 Å². The zero-order valence-corrected chi connectivity index (χ0v) is 51.1. The molecule has 0 aromatic rings. The van der Waals surface area contributed by atoms with E-state index in [1.807, 2.05) is 6.08 Å². The largest absolute Gasteiger partial charge is 0.466 e. The van der Waals surface area contributed by atoms with Gasteiger partial charge in [-0.1, -0.05) is 360 Å². The van der Waals surface area contributed by atoms with Crippen molar-refractivity contribution < 1.29 is 24.5 Å². The van der Waals surface area contributed by atoms with Crippen molar-refractivity contribution in [3.05, 3.63) is 12.2 Å². The van der Waals surface area contributed by atoms with Gasteiger partial charge in [0, 0.05) is 12.8 Å². The Morgan fingerprint density at radius 2 is 0.613 bits per heavy atom. The minimum absolute atomic E-state index is 0.0145. The van der Waals surface area contributed by atoms with E-state index in [9.17, 15) is 19.8 Å². The number of unbranched alkanes of at least 4 members (excludes halogenated alkanes) is 54. The number of rotatable bonds is 65. The van der Waals surface area contributed by atoms with Crippen LogP contribution in [0.3, 0.4) is 0 Å². The predicted molar refractivity (Wildman–Crippen MR) is 329 cm³/mol. The third kappa shape index (κ3) is 61.7. The van der Waals surface area contributed by atoms with E-state index in [-0.39, 0.29) is 18.5 Å². The lowest BCUT2D eigenvalue weighted by molar-refractivity contribution is -0.143. The highest BCUT2D eigenvalue weighted by Gasteiger charge is 2.18. The molecule has 0 aromatic carbocycles. The number of allylic oxidation sites excluding steroid dienone is 1. The monoisotopic (exact) mass is 1060 g/mol. The van der Waals surface area contributed by atoms with Crippen LogP contribution in [-0.2, 0) is 14.3 Å². The number of esters is 1. The highest BCUT2D eigenvalue weighted by molar-refractivity contribution is 5.76. The summed E-state index contributed by atoms with van der Waals surface area (Å²) < 4.78 is 5.48. The van der Waals surface area contributed by atoms with E-state index in [0.717, 1.165) is 38.5 Å². The maximum Gasteiger partial charge on any atom is 0.305 e. The number of nitrogens with one attached hydrogen (secondary N) is 1. The first kappa shape index (κ1) is 73.6. The average molecular weight is 1060 g/mol. The molecule has 0 heterocycles. The Labute approximate surface area is 469 Å². The second kappa shape index (κ2) is 65.1. The molecule has 6 heteroatoms. The highest BCUT2D eigenvalue weighted by Crippen LogP contribution is 2.19. The van der Waals surface area contributed by atoms with E-state index in [4.69, 9.17) is 4.74 Å². The predicted octanol–water partition coefficient (Wildman–Crippen LogP) is 22.0. The van der Waals surface area contributed by atoms with Crippen molar-refractivity contribution in [2.24, 2.45) is 0 Å². The molecular formula is C69H135NO5. The summed E-state index contributed by atoms with van der Waals surface area (Å²) >= 11 is 0. The highest BCUT2D eigenvalue weighted by atomic mass is 16.5. The molecule has 6 nitrogen and oxygen atoms in total. The van der Waals surface area contributed by atoms with E-state index < -0.39 is 12.1 Å². The Bertz CT molecular complexity index is 1130. The summed E-state index contributed by atoms with van der Waals surface area (Å²) in [4.78, 5) is 24.6. The quantitative estimate of drug-likeness (QED) is 0.0320. The Morgan fingerprint density at radius 1 is 0.360 bits per heavy atom. The minimum atomic E-state index is -0.845. The van der Waals surface area contributed by atoms with Crippen molar-refractivity contribution in [1.82, 2.24) is 5.32 Å². The van der Waals surface area contributed by atoms with Crippen LogP contribution < -0.4 is 5.32 Å². The van der Waals surface area contributed by atoms with Crippen molar-refractivity contribution in [2.45, 2.75) is 405 Å². The third-order valence-corrected chi connectivity index (χ3v) is 16.3. The van der Waals surface area contributed by atoms with Gasteiger partial charge in [0.05, 0.1) is 25.4 Å². The normalized spacial score (nSPS) is 12.5. The van der Waals surface area contributed by atoms with Crippen LogP contribution in [0, 0.1) is 0 Å². The lowest BCUT2D eigenvalue weighted by atomic mass is 10.0. The second-order valence-corrected chi connectivity index (χ2v) is 23.9. The topological polar surface area (TPSA) is 95.9 Å². The number of aliphatic hydroxyl groups is 2. The molecule has 0 fully saturated rings. The van der Waals surface area contributed by atoms with Crippen molar-refractivity contribution in [2.75, 3.05) is 13.2 Å². The van der Waals surface area contributed by atoms with E-state index >= 15 is 0 Å². The molecule has 0 aliphatic heterocycles. The van der Waals surface area contributed by atoms with Gasteiger partial charge in [-0.2, -0.15) is 0 Å². The van der Waals surface area contributed by atoms with Gasteiger partial charge in [0.2, 0.25) is 5.91 Å². The zero-order valence-electron chi connectivity index (χ0n) is 51.1. The number of carbonyl (C=O) groups is 2. The molecule has 0 radical (unpaired) electrons. The van der Waals surface area contributed by atoms with Gasteiger partial charge in [-0.05, 0) is 32.1 Å². The van der Waals surface area contributed by atoms with Gasteiger partial charge in [-0.3, -0.25) is 9.59 Å². The van der Waals surface area contributed by atoms with Gasteiger partial charge < -0.3 is 20.3 Å². The molecule has 0 aromatic heterocycles. The Balaban J connectivity index is 3.41. The van der Waals surface area contributed by atoms with Gasteiger partial charge in [0.15, 0.2) is 0 Å².